The number of carbonyl (C=O) groups is 1. The Balaban J connectivity index is 1.56. The average Bonchev–Trinajstić information content (AvgIpc) is 2.98. The highest BCUT2D eigenvalue weighted by atomic mass is 16.8. The molecule has 19 nitrogen and oxygen atoms in total. The van der Waals surface area contributed by atoms with Crippen molar-refractivity contribution in [2.24, 2.45) is 0 Å². The molecule has 0 amide bonds. The molecule has 0 spiro atoms. The van der Waals surface area contributed by atoms with Crippen molar-refractivity contribution in [3.63, 3.8) is 0 Å². The molecule has 4 aliphatic rings. The summed E-state index contributed by atoms with van der Waals surface area (Å²) in [7, 11) is 0. The molecule has 0 saturated carbocycles. The first-order valence-electron chi connectivity index (χ1n) is 14.6. The lowest BCUT2D eigenvalue weighted by atomic mass is 9.96. The third kappa shape index (κ3) is 7.60. The van der Waals surface area contributed by atoms with Crippen LogP contribution in [0.25, 0.3) is 0 Å². The predicted octanol–water partition coefficient (Wildman–Crippen LogP) is -6.10. The molecule has 262 valence electrons. The fraction of sp³-hybridized carbons (Fsp3) is 0.962. The first-order chi connectivity index (χ1) is 21.1. The van der Waals surface area contributed by atoms with Gasteiger partial charge in [-0.1, -0.05) is 0 Å². The molecule has 4 rings (SSSR count). The van der Waals surface area contributed by atoms with Gasteiger partial charge in [-0.2, -0.15) is 0 Å². The number of hydrogen-bond donors (Lipinski definition) is 10. The van der Waals surface area contributed by atoms with Crippen LogP contribution in [0.15, 0.2) is 0 Å². The molecule has 0 unspecified atom stereocenters. The molecule has 19 heteroatoms. The third-order valence-corrected chi connectivity index (χ3v) is 8.37. The summed E-state index contributed by atoms with van der Waals surface area (Å²) < 4.78 is 44.3. The predicted molar refractivity (Wildman–Crippen MR) is 139 cm³/mol. The van der Waals surface area contributed by atoms with Crippen molar-refractivity contribution in [1.29, 1.82) is 0 Å². The Morgan fingerprint density at radius 1 is 0.533 bits per heavy atom. The van der Waals surface area contributed by atoms with E-state index in [4.69, 9.17) is 37.9 Å². The molecule has 10 N–H and O–H groups in total. The number of aliphatic hydroxyl groups is 10. The van der Waals surface area contributed by atoms with Crippen molar-refractivity contribution >= 4 is 5.97 Å². The highest BCUT2D eigenvalue weighted by molar-refractivity contribution is 5.66. The highest BCUT2D eigenvalue weighted by Crippen LogP contribution is 2.35. The van der Waals surface area contributed by atoms with Crippen LogP contribution < -0.4 is 0 Å². The Morgan fingerprint density at radius 3 is 1.67 bits per heavy atom. The van der Waals surface area contributed by atoms with E-state index in [1.807, 2.05) is 0 Å². The van der Waals surface area contributed by atoms with Crippen LogP contribution in [0.2, 0.25) is 0 Å². The van der Waals surface area contributed by atoms with E-state index in [0.717, 1.165) is 6.92 Å². The van der Waals surface area contributed by atoms with Crippen LogP contribution in [0.3, 0.4) is 0 Å². The van der Waals surface area contributed by atoms with Crippen LogP contribution in [0.5, 0.6) is 0 Å². The van der Waals surface area contributed by atoms with Crippen LogP contribution in [0.4, 0.5) is 0 Å². The second-order valence-corrected chi connectivity index (χ2v) is 11.7. The molecule has 4 aliphatic heterocycles. The summed E-state index contributed by atoms with van der Waals surface area (Å²) in [5.74, 6) is -0.837. The number of aliphatic hydroxyl groups excluding tert-OH is 10. The van der Waals surface area contributed by atoms with Crippen molar-refractivity contribution < 1.29 is 93.8 Å². The molecular formula is C26H44O19. The van der Waals surface area contributed by atoms with Gasteiger partial charge >= 0.3 is 5.97 Å². The second-order valence-electron chi connectivity index (χ2n) is 11.7. The van der Waals surface area contributed by atoms with E-state index in [1.165, 1.54) is 20.8 Å². The first kappa shape index (κ1) is 36.6. The third-order valence-electron chi connectivity index (χ3n) is 8.37. The summed E-state index contributed by atoms with van der Waals surface area (Å²) in [6.07, 6.45) is -31.5. The molecule has 0 aromatic heterocycles. The Hall–Kier alpha value is -1.21. The molecule has 0 aliphatic carbocycles. The Kier molecular flexibility index (Phi) is 12.1. The van der Waals surface area contributed by atoms with Gasteiger partial charge in [-0.05, 0) is 20.8 Å². The van der Waals surface area contributed by atoms with Crippen LogP contribution >= 0.6 is 0 Å². The molecule has 0 radical (unpaired) electrons. The largest absolute Gasteiger partial charge is 0.454 e. The lowest BCUT2D eigenvalue weighted by Gasteiger charge is -2.49. The van der Waals surface area contributed by atoms with Crippen LogP contribution in [0.1, 0.15) is 27.7 Å². The topological polar surface area (TPSA) is 293 Å². The molecule has 45 heavy (non-hydrogen) atoms. The van der Waals surface area contributed by atoms with Gasteiger partial charge in [0, 0.05) is 6.92 Å². The smallest absolute Gasteiger partial charge is 0.303 e. The zero-order valence-corrected chi connectivity index (χ0v) is 24.9. The second kappa shape index (κ2) is 14.9. The molecule has 0 aromatic carbocycles. The molecule has 0 bridgehead atoms. The van der Waals surface area contributed by atoms with Gasteiger partial charge in [-0.15, -0.1) is 0 Å². The van der Waals surface area contributed by atoms with E-state index in [1.54, 1.807) is 0 Å². The van der Waals surface area contributed by atoms with Gasteiger partial charge in [0.25, 0.3) is 0 Å². The Bertz CT molecular complexity index is 973. The molecule has 0 aromatic rings. The van der Waals surface area contributed by atoms with Crippen molar-refractivity contribution in [3.05, 3.63) is 0 Å². The van der Waals surface area contributed by atoms with E-state index in [2.05, 4.69) is 0 Å². The number of rotatable bonds is 8. The lowest BCUT2D eigenvalue weighted by Crippen LogP contribution is -2.67. The van der Waals surface area contributed by atoms with Gasteiger partial charge < -0.3 is 89.0 Å². The molecule has 4 saturated heterocycles. The quantitative estimate of drug-likeness (QED) is 0.108. The van der Waals surface area contributed by atoms with Crippen LogP contribution in [-0.2, 0) is 42.7 Å². The van der Waals surface area contributed by atoms with E-state index >= 15 is 0 Å². The van der Waals surface area contributed by atoms with Crippen LogP contribution in [0, 0.1) is 0 Å². The monoisotopic (exact) mass is 660 g/mol. The van der Waals surface area contributed by atoms with Gasteiger partial charge in [-0.25, -0.2) is 0 Å². The zero-order chi connectivity index (χ0) is 33.5. The number of esters is 1. The normalized spacial score (nSPS) is 52.8. The number of ether oxygens (including phenoxy) is 8. The average molecular weight is 661 g/mol. The number of hydrogen-bond acceptors (Lipinski definition) is 19. The van der Waals surface area contributed by atoms with Gasteiger partial charge in [0.15, 0.2) is 31.3 Å². The van der Waals surface area contributed by atoms with E-state index < -0.39 is 135 Å². The van der Waals surface area contributed by atoms with Gasteiger partial charge in [0.1, 0.15) is 73.2 Å². The SMILES string of the molecule is CC(=O)O[C@@H]1[C@H](O[C@@H]2O[C@@H](C)[C@H](O)[C@@H](O)[C@H]2O[C@@H]2O[C@@H](C)[C@H](O)[C@@H](O[C@H]3O[C@H](CO)[C@@H](O)[C@H](O)[C@H]3O)[C@H]2O)[C@@H](O)[C@H](C)O[C@H]1O. The minimum absolute atomic E-state index is 0.760. The van der Waals surface area contributed by atoms with Gasteiger partial charge in [0.05, 0.1) is 24.9 Å². The standard InChI is InChI=1S/C26H44O19/c1-6-11(29)16(34)21(26(40-6)44-20-13(31)7(2)38-23(37)22(20)41-9(4)28)45-25-18(36)19(12(30)8(3)39-25)43-24-17(35)15(33)14(32)10(5-27)42-24/h6-8,10-27,29-37H,5H2,1-4H3/t6-,7-,8-,10+,11-,12-,13-,14+,15-,16+,17+,18+,19+,20+,21+,22+,23+,24+,25-,26-/m0/s1. The highest BCUT2D eigenvalue weighted by Gasteiger charge is 2.55. The lowest BCUT2D eigenvalue weighted by molar-refractivity contribution is -0.392. The van der Waals surface area contributed by atoms with Crippen molar-refractivity contribution in [2.45, 2.75) is 151 Å². The summed E-state index contributed by atoms with van der Waals surface area (Å²) >= 11 is 0. The van der Waals surface area contributed by atoms with Crippen molar-refractivity contribution in [3.8, 4) is 0 Å². The summed E-state index contributed by atoms with van der Waals surface area (Å²) in [6, 6.07) is 0. The molecule has 20 atom stereocenters. The minimum atomic E-state index is -1.91. The van der Waals surface area contributed by atoms with E-state index in [-0.39, 0.29) is 0 Å². The van der Waals surface area contributed by atoms with Crippen molar-refractivity contribution in [2.75, 3.05) is 6.61 Å². The van der Waals surface area contributed by atoms with E-state index in [0.29, 0.717) is 0 Å². The van der Waals surface area contributed by atoms with Gasteiger partial charge in [0.2, 0.25) is 0 Å². The fourth-order valence-electron chi connectivity index (χ4n) is 5.65. The van der Waals surface area contributed by atoms with Gasteiger partial charge in [-0.3, -0.25) is 4.79 Å². The summed E-state index contributed by atoms with van der Waals surface area (Å²) in [6.45, 7) is 4.49. The molecule has 4 fully saturated rings. The fourth-order valence-corrected chi connectivity index (χ4v) is 5.65. The van der Waals surface area contributed by atoms with E-state index in [9.17, 15) is 55.9 Å². The van der Waals surface area contributed by atoms with Crippen LogP contribution in [-0.4, -0.2) is 186 Å². The number of carbonyl (C=O) groups excluding carboxylic acids is 1. The Labute approximate surface area is 257 Å². The summed E-state index contributed by atoms with van der Waals surface area (Å²) in [5, 5.41) is 105. The summed E-state index contributed by atoms with van der Waals surface area (Å²) in [5.41, 5.74) is 0. The zero-order valence-electron chi connectivity index (χ0n) is 24.9. The maximum absolute atomic E-state index is 11.7. The molecular weight excluding hydrogens is 616 g/mol. The van der Waals surface area contributed by atoms with Crippen molar-refractivity contribution in [1.82, 2.24) is 0 Å². The molecule has 4 heterocycles. The first-order valence-corrected chi connectivity index (χ1v) is 14.6. The maximum Gasteiger partial charge on any atom is 0.303 e. The Morgan fingerprint density at radius 2 is 1.04 bits per heavy atom. The minimum Gasteiger partial charge on any atom is -0.454 e. The summed E-state index contributed by atoms with van der Waals surface area (Å²) in [4.78, 5) is 11.7. The maximum atomic E-state index is 11.7.